The lowest BCUT2D eigenvalue weighted by atomic mass is 10.2. The van der Waals surface area contributed by atoms with Crippen LogP contribution in [0.3, 0.4) is 0 Å². The quantitative estimate of drug-likeness (QED) is 0.552. The highest BCUT2D eigenvalue weighted by Gasteiger charge is 2.08. The molecular weight excluding hydrogens is 214 g/mol. The normalized spacial score (nSPS) is 14.1. The molecule has 0 heterocycles. The summed E-state index contributed by atoms with van der Waals surface area (Å²) in [4.78, 5) is 10.6. The predicted molar refractivity (Wildman–Crippen MR) is 63.5 cm³/mol. The highest BCUT2D eigenvalue weighted by molar-refractivity contribution is 7.80. The van der Waals surface area contributed by atoms with E-state index in [0.29, 0.717) is 11.7 Å². The highest BCUT2D eigenvalue weighted by atomic mass is 32.1. The first-order valence-electron chi connectivity index (χ1n) is 4.80. The Morgan fingerprint density at radius 3 is 2.40 bits per heavy atom. The fraction of sp³-hybridized carbons (Fsp3) is 0.778. The van der Waals surface area contributed by atoms with E-state index in [1.54, 1.807) is 7.11 Å². The van der Waals surface area contributed by atoms with Gasteiger partial charge in [0.2, 0.25) is 5.91 Å². The average Bonchev–Trinajstić information content (AvgIpc) is 2.00. The fourth-order valence-electron chi connectivity index (χ4n) is 1.13. The van der Waals surface area contributed by atoms with Gasteiger partial charge in [-0.2, -0.15) is 0 Å². The third-order valence-electron chi connectivity index (χ3n) is 1.68. The van der Waals surface area contributed by atoms with E-state index in [2.05, 4.69) is 10.6 Å². The van der Waals surface area contributed by atoms with E-state index in [9.17, 15) is 4.79 Å². The van der Waals surface area contributed by atoms with Crippen molar-refractivity contribution in [3.8, 4) is 0 Å². The summed E-state index contributed by atoms with van der Waals surface area (Å²) >= 11 is 5.04. The summed E-state index contributed by atoms with van der Waals surface area (Å²) in [6.07, 6.45) is 0.264. The lowest BCUT2D eigenvalue weighted by molar-refractivity contribution is -0.118. The summed E-state index contributed by atoms with van der Waals surface area (Å²) in [5.74, 6) is -0.345. The van der Waals surface area contributed by atoms with Gasteiger partial charge in [0.15, 0.2) is 5.11 Å². The predicted octanol–water partition coefficient (Wildman–Crippen LogP) is -0.251. The van der Waals surface area contributed by atoms with Crippen LogP contribution in [0.15, 0.2) is 0 Å². The molecule has 0 aliphatic carbocycles. The van der Waals surface area contributed by atoms with Crippen LogP contribution < -0.4 is 16.4 Å². The van der Waals surface area contributed by atoms with Gasteiger partial charge < -0.3 is 21.1 Å². The number of amides is 1. The number of nitrogens with one attached hydrogen (secondary N) is 2. The van der Waals surface area contributed by atoms with Gasteiger partial charge in [-0.3, -0.25) is 4.79 Å². The molecular formula is C9H19N3O2S. The van der Waals surface area contributed by atoms with Gasteiger partial charge in [0.25, 0.3) is 0 Å². The van der Waals surface area contributed by atoms with Gasteiger partial charge in [0.05, 0.1) is 6.61 Å². The summed E-state index contributed by atoms with van der Waals surface area (Å²) in [6, 6.07) is 0.0769. The molecule has 0 radical (unpaired) electrons. The number of carbonyl (C=O) groups excluding carboxylic acids is 1. The molecule has 5 nitrogen and oxygen atoms in total. The summed E-state index contributed by atoms with van der Waals surface area (Å²) < 4.78 is 4.95. The number of rotatable bonds is 6. The zero-order valence-electron chi connectivity index (χ0n) is 9.37. The number of nitrogens with two attached hydrogens (primary N) is 1. The van der Waals surface area contributed by atoms with Gasteiger partial charge >= 0.3 is 0 Å². The molecule has 2 unspecified atom stereocenters. The summed E-state index contributed by atoms with van der Waals surface area (Å²) in [6.45, 7) is 4.38. The van der Waals surface area contributed by atoms with Gasteiger partial charge in [-0.05, 0) is 26.1 Å². The van der Waals surface area contributed by atoms with Gasteiger partial charge in [-0.25, -0.2) is 0 Å². The molecule has 0 saturated carbocycles. The molecule has 1 amide bonds. The molecule has 15 heavy (non-hydrogen) atoms. The molecule has 2 atom stereocenters. The Morgan fingerprint density at radius 1 is 1.40 bits per heavy atom. The third-order valence-corrected chi connectivity index (χ3v) is 1.91. The molecule has 0 bridgehead atoms. The van der Waals surface area contributed by atoms with E-state index in [1.165, 1.54) is 0 Å². The van der Waals surface area contributed by atoms with Crippen molar-refractivity contribution in [2.24, 2.45) is 5.73 Å². The van der Waals surface area contributed by atoms with Crippen molar-refractivity contribution in [1.29, 1.82) is 0 Å². The van der Waals surface area contributed by atoms with Gasteiger partial charge in [-0.1, -0.05) is 0 Å². The van der Waals surface area contributed by atoms with E-state index >= 15 is 0 Å². The second-order valence-electron chi connectivity index (χ2n) is 3.55. The topological polar surface area (TPSA) is 76.4 Å². The number of hydrogen-bond acceptors (Lipinski definition) is 3. The molecule has 0 saturated heterocycles. The van der Waals surface area contributed by atoms with Crippen LogP contribution in [0.1, 0.15) is 20.3 Å². The van der Waals surface area contributed by atoms with Gasteiger partial charge in [0.1, 0.15) is 0 Å². The van der Waals surface area contributed by atoms with Crippen molar-refractivity contribution in [2.75, 3.05) is 13.7 Å². The Morgan fingerprint density at radius 2 is 1.93 bits per heavy atom. The van der Waals surface area contributed by atoms with Crippen LogP contribution in [0.2, 0.25) is 0 Å². The van der Waals surface area contributed by atoms with E-state index in [4.69, 9.17) is 22.7 Å². The summed E-state index contributed by atoms with van der Waals surface area (Å²) in [5, 5.41) is 6.50. The zero-order valence-corrected chi connectivity index (χ0v) is 10.2. The Bertz CT molecular complexity index is 223. The first kappa shape index (κ1) is 14.1. The largest absolute Gasteiger partial charge is 0.383 e. The number of primary amides is 1. The van der Waals surface area contributed by atoms with E-state index in [0.717, 1.165) is 0 Å². The first-order valence-corrected chi connectivity index (χ1v) is 5.20. The Labute approximate surface area is 95.7 Å². The van der Waals surface area contributed by atoms with Crippen LogP contribution in [0.4, 0.5) is 0 Å². The van der Waals surface area contributed by atoms with Crippen molar-refractivity contribution in [1.82, 2.24) is 10.6 Å². The number of methoxy groups -OCH3 is 1. The molecule has 0 rings (SSSR count). The van der Waals surface area contributed by atoms with Gasteiger partial charge in [-0.15, -0.1) is 0 Å². The minimum absolute atomic E-state index is 0.0581. The van der Waals surface area contributed by atoms with Crippen molar-refractivity contribution in [2.45, 2.75) is 32.4 Å². The fourth-order valence-corrected chi connectivity index (χ4v) is 1.54. The summed E-state index contributed by atoms with van der Waals surface area (Å²) in [7, 11) is 1.63. The average molecular weight is 233 g/mol. The maximum Gasteiger partial charge on any atom is 0.219 e. The molecule has 0 aliphatic heterocycles. The van der Waals surface area contributed by atoms with Crippen molar-refractivity contribution >= 4 is 23.2 Å². The van der Waals surface area contributed by atoms with Crippen molar-refractivity contribution in [3.63, 3.8) is 0 Å². The Balaban J connectivity index is 3.77. The minimum atomic E-state index is -0.345. The molecule has 0 aliphatic rings. The number of hydrogen-bond donors (Lipinski definition) is 3. The van der Waals surface area contributed by atoms with Crippen LogP contribution in [0.25, 0.3) is 0 Å². The van der Waals surface area contributed by atoms with E-state index in [-0.39, 0.29) is 24.4 Å². The van der Waals surface area contributed by atoms with Crippen LogP contribution in [-0.2, 0) is 9.53 Å². The molecule has 4 N–H and O–H groups in total. The highest BCUT2D eigenvalue weighted by Crippen LogP contribution is 1.90. The standard InChI is InChI=1S/C9H19N3O2S/c1-6(4-8(10)13)11-9(15)12-7(2)5-14-3/h6-7H,4-5H2,1-3H3,(H2,10,13)(H2,11,12,15). The summed E-state index contributed by atoms with van der Waals surface area (Å²) in [5.41, 5.74) is 5.06. The smallest absolute Gasteiger partial charge is 0.219 e. The number of thiocarbonyl (C=S) groups is 1. The molecule has 6 heteroatoms. The third kappa shape index (κ3) is 8.14. The van der Waals surface area contributed by atoms with Crippen LogP contribution in [0.5, 0.6) is 0 Å². The number of ether oxygens (including phenoxy) is 1. The maximum absolute atomic E-state index is 10.6. The van der Waals surface area contributed by atoms with E-state index in [1.807, 2.05) is 13.8 Å². The second kappa shape index (κ2) is 7.42. The monoisotopic (exact) mass is 233 g/mol. The van der Waals surface area contributed by atoms with Crippen molar-refractivity contribution in [3.05, 3.63) is 0 Å². The zero-order chi connectivity index (χ0) is 11.8. The molecule has 0 aromatic heterocycles. The maximum atomic E-state index is 10.6. The Kier molecular flexibility index (Phi) is 6.98. The van der Waals surface area contributed by atoms with Gasteiger partial charge in [0, 0.05) is 25.6 Å². The molecule has 88 valence electrons. The first-order chi connectivity index (χ1) is 6.95. The Hall–Kier alpha value is -0.880. The molecule has 0 aromatic rings. The SMILES string of the molecule is COCC(C)NC(=S)NC(C)CC(N)=O. The van der Waals surface area contributed by atoms with Crippen molar-refractivity contribution < 1.29 is 9.53 Å². The van der Waals surface area contributed by atoms with Crippen LogP contribution >= 0.6 is 12.2 Å². The minimum Gasteiger partial charge on any atom is -0.383 e. The molecule has 0 fully saturated rings. The van der Waals surface area contributed by atoms with E-state index < -0.39 is 0 Å². The molecule has 0 aromatic carbocycles. The number of carbonyl (C=O) groups is 1. The lowest BCUT2D eigenvalue weighted by Gasteiger charge is -2.19. The van der Waals surface area contributed by atoms with Crippen LogP contribution in [0, 0.1) is 0 Å². The second-order valence-corrected chi connectivity index (χ2v) is 3.95. The lowest BCUT2D eigenvalue weighted by Crippen LogP contribution is -2.46. The van der Waals surface area contributed by atoms with Crippen LogP contribution in [-0.4, -0.2) is 36.8 Å². The molecule has 0 spiro atoms.